The molecule has 0 fully saturated rings. The zero-order valence-electron chi connectivity index (χ0n) is 35.3. The molecule has 0 bridgehead atoms. The van der Waals surface area contributed by atoms with Gasteiger partial charge in [-0.15, -0.1) is 0 Å². The summed E-state index contributed by atoms with van der Waals surface area (Å²) in [4.78, 5) is 4.65. The topological polar surface area (TPSA) is 28.9 Å². The van der Waals surface area contributed by atoms with Crippen molar-refractivity contribution < 1.29 is 9.15 Å². The molecule has 10 aromatic carbocycles. The molecule has 1 aromatic heterocycles. The minimum absolute atomic E-state index is 0.855. The second kappa shape index (κ2) is 14.5. The molecule has 4 heteroatoms. The first-order valence-corrected chi connectivity index (χ1v) is 21.6. The van der Waals surface area contributed by atoms with Gasteiger partial charge in [0.15, 0.2) is 5.58 Å². The van der Waals surface area contributed by atoms with E-state index < -0.39 is 0 Å². The molecule has 63 heavy (non-hydrogen) atoms. The van der Waals surface area contributed by atoms with Crippen LogP contribution in [-0.2, 0) is 0 Å². The molecule has 1 aliphatic heterocycles. The van der Waals surface area contributed by atoms with Crippen LogP contribution in [0.2, 0.25) is 0 Å². The van der Waals surface area contributed by atoms with E-state index in [0.717, 1.165) is 84.0 Å². The Balaban J connectivity index is 0.931. The molecule has 0 amide bonds. The Bertz CT molecular complexity index is 3550. The lowest BCUT2D eigenvalue weighted by molar-refractivity contribution is 0.487. The van der Waals surface area contributed by atoms with Gasteiger partial charge in [0.25, 0.3) is 0 Å². The highest BCUT2D eigenvalue weighted by Gasteiger charge is 2.25. The molecule has 300 valence electrons. The highest BCUT2D eigenvalue weighted by Crippen LogP contribution is 2.51. The third kappa shape index (κ3) is 6.06. The van der Waals surface area contributed by atoms with Gasteiger partial charge in [-0.05, 0) is 144 Å². The van der Waals surface area contributed by atoms with Crippen LogP contribution in [0.25, 0.3) is 65.7 Å². The maximum Gasteiger partial charge on any atom is 0.159 e. The Hall–Kier alpha value is -8.08. The van der Waals surface area contributed by atoms with Gasteiger partial charge in [0.2, 0.25) is 0 Å². The molecule has 0 saturated carbocycles. The molecule has 2 heterocycles. The highest BCUT2D eigenvalue weighted by molar-refractivity contribution is 6.18. The van der Waals surface area contributed by atoms with Crippen molar-refractivity contribution in [3.05, 3.63) is 217 Å². The van der Waals surface area contributed by atoms with Crippen LogP contribution < -0.4 is 14.5 Å². The van der Waals surface area contributed by atoms with Gasteiger partial charge in [0.05, 0.1) is 11.4 Å². The van der Waals surface area contributed by atoms with Crippen molar-refractivity contribution in [2.75, 3.05) is 9.80 Å². The SMILES string of the molecule is Cc1cc(C)c(N(c2ccccc2)c2ccc3c(c2)Oc2cccc4c2c-3cc2ccc(-c3ccc(N(c5ccccc5)c5cccc6c5oc5ccccc56)cc3)cc24)c(C)c1. The molecule has 0 unspecified atom stereocenters. The number of hydrogen-bond donors (Lipinski definition) is 0. The largest absolute Gasteiger partial charge is 0.456 e. The van der Waals surface area contributed by atoms with Crippen molar-refractivity contribution in [1.82, 2.24) is 0 Å². The van der Waals surface area contributed by atoms with Crippen LogP contribution in [-0.4, -0.2) is 0 Å². The number of rotatable bonds is 7. The zero-order chi connectivity index (χ0) is 42.2. The molecule has 4 nitrogen and oxygen atoms in total. The summed E-state index contributed by atoms with van der Waals surface area (Å²) >= 11 is 0. The second-order valence-electron chi connectivity index (χ2n) is 16.7. The smallest absolute Gasteiger partial charge is 0.159 e. The van der Waals surface area contributed by atoms with Crippen LogP contribution in [0, 0.1) is 20.8 Å². The number of anilines is 6. The zero-order valence-corrected chi connectivity index (χ0v) is 35.3. The summed E-state index contributed by atoms with van der Waals surface area (Å²) in [5.74, 6) is 1.73. The lowest BCUT2D eigenvalue weighted by Gasteiger charge is -2.30. The normalized spacial score (nSPS) is 11.9. The molecule has 0 radical (unpaired) electrons. The fraction of sp³-hybridized carbons (Fsp3) is 0.0508. The highest BCUT2D eigenvalue weighted by atomic mass is 16.5. The van der Waals surface area contributed by atoms with E-state index in [1.54, 1.807) is 0 Å². The Morgan fingerprint density at radius 3 is 1.81 bits per heavy atom. The van der Waals surface area contributed by atoms with Crippen LogP contribution in [0.3, 0.4) is 0 Å². The predicted octanol–water partition coefficient (Wildman–Crippen LogP) is 17.2. The van der Waals surface area contributed by atoms with Crippen LogP contribution in [0.1, 0.15) is 16.7 Å². The minimum atomic E-state index is 0.855. The summed E-state index contributed by atoms with van der Waals surface area (Å²) in [5, 5.41) is 6.93. The Kier molecular flexibility index (Phi) is 8.48. The molecule has 11 aromatic rings. The summed E-state index contributed by atoms with van der Waals surface area (Å²) in [6, 6.07) is 71.5. The minimum Gasteiger partial charge on any atom is -0.456 e. The third-order valence-electron chi connectivity index (χ3n) is 12.6. The van der Waals surface area contributed by atoms with Gasteiger partial charge >= 0.3 is 0 Å². The van der Waals surface area contributed by atoms with Crippen molar-refractivity contribution in [2.45, 2.75) is 20.8 Å². The molecular formula is C59H42N2O2. The summed E-state index contributed by atoms with van der Waals surface area (Å²) < 4.78 is 13.4. The molecule has 0 spiro atoms. The van der Waals surface area contributed by atoms with E-state index in [1.165, 1.54) is 44.1 Å². The average Bonchev–Trinajstić information content (AvgIpc) is 3.70. The fourth-order valence-electron chi connectivity index (χ4n) is 9.95. The quantitative estimate of drug-likeness (QED) is 0.150. The average molecular weight is 811 g/mol. The van der Waals surface area contributed by atoms with Crippen LogP contribution >= 0.6 is 0 Å². The number of nitrogens with zero attached hydrogens (tertiary/aromatic N) is 2. The second-order valence-corrected chi connectivity index (χ2v) is 16.7. The van der Waals surface area contributed by atoms with Crippen molar-refractivity contribution in [3.8, 4) is 33.8 Å². The van der Waals surface area contributed by atoms with Crippen LogP contribution in [0.15, 0.2) is 205 Å². The standard InChI is InChI=1S/C59H42N2O2/c1-37-32-38(2)58(39(3)33-37)61(44-16-8-5-9-17-44)46-30-31-48-52-35-42-25-24-41(34-51(42)49-19-13-23-55(57(49)52)62-56(48)36-46)40-26-28-45(29-27-40)60(43-14-6-4-7-15-43)53-21-12-20-50-47-18-10-11-22-54(47)63-59(50)53/h4-36H,1-3H3. The van der Waals surface area contributed by atoms with Crippen LogP contribution in [0.4, 0.5) is 34.1 Å². The summed E-state index contributed by atoms with van der Waals surface area (Å²) in [6.45, 7) is 6.57. The molecule has 1 aliphatic rings. The predicted molar refractivity (Wildman–Crippen MR) is 263 cm³/mol. The van der Waals surface area contributed by atoms with Gasteiger partial charge in [-0.25, -0.2) is 0 Å². The molecule has 12 rings (SSSR count). The molecule has 0 atom stereocenters. The number of fused-ring (bicyclic) bond motifs is 7. The first-order chi connectivity index (χ1) is 31.0. The lowest BCUT2D eigenvalue weighted by atomic mass is 9.89. The number of ether oxygens (including phenoxy) is 1. The number of benzene rings is 10. The molecular weight excluding hydrogens is 769 g/mol. The monoisotopic (exact) mass is 810 g/mol. The Labute approximate surface area is 366 Å². The Morgan fingerprint density at radius 2 is 1.03 bits per heavy atom. The van der Waals surface area contributed by atoms with Gasteiger partial charge in [0, 0.05) is 50.5 Å². The summed E-state index contributed by atoms with van der Waals surface area (Å²) in [7, 11) is 0. The maximum absolute atomic E-state index is 6.87. The number of para-hydroxylation sites is 4. The molecule has 0 N–H and O–H groups in total. The van der Waals surface area contributed by atoms with Crippen molar-refractivity contribution >= 4 is 77.6 Å². The Morgan fingerprint density at radius 1 is 0.397 bits per heavy atom. The number of furan rings is 1. The van der Waals surface area contributed by atoms with Gasteiger partial charge in [-0.1, -0.05) is 121 Å². The molecule has 0 aliphatic carbocycles. The van der Waals surface area contributed by atoms with Gasteiger partial charge in [0.1, 0.15) is 17.1 Å². The van der Waals surface area contributed by atoms with E-state index in [9.17, 15) is 0 Å². The van der Waals surface area contributed by atoms with Crippen LogP contribution in [0.5, 0.6) is 11.5 Å². The maximum atomic E-state index is 6.87. The lowest BCUT2D eigenvalue weighted by Crippen LogP contribution is -2.13. The summed E-state index contributed by atoms with van der Waals surface area (Å²) in [5.41, 5.74) is 16.5. The van der Waals surface area contributed by atoms with Crippen molar-refractivity contribution in [2.24, 2.45) is 0 Å². The number of aryl methyl sites for hydroxylation is 3. The number of hydrogen-bond acceptors (Lipinski definition) is 4. The molecule has 0 saturated heterocycles. The van der Waals surface area contributed by atoms with E-state index in [2.05, 4.69) is 219 Å². The fourth-order valence-corrected chi connectivity index (χ4v) is 9.95. The van der Waals surface area contributed by atoms with E-state index >= 15 is 0 Å². The van der Waals surface area contributed by atoms with E-state index in [0.29, 0.717) is 0 Å². The first kappa shape index (κ1) is 36.7. The van der Waals surface area contributed by atoms with Crippen molar-refractivity contribution in [3.63, 3.8) is 0 Å². The summed E-state index contributed by atoms with van der Waals surface area (Å²) in [6.07, 6.45) is 0. The van der Waals surface area contributed by atoms with Gasteiger partial charge < -0.3 is 19.0 Å². The van der Waals surface area contributed by atoms with Gasteiger partial charge in [-0.2, -0.15) is 0 Å². The first-order valence-electron chi connectivity index (χ1n) is 21.6. The van der Waals surface area contributed by atoms with E-state index in [4.69, 9.17) is 9.15 Å². The van der Waals surface area contributed by atoms with Gasteiger partial charge in [-0.3, -0.25) is 0 Å². The van der Waals surface area contributed by atoms with E-state index in [-0.39, 0.29) is 0 Å². The van der Waals surface area contributed by atoms with Crippen molar-refractivity contribution in [1.29, 1.82) is 0 Å². The third-order valence-corrected chi connectivity index (χ3v) is 12.6. The van der Waals surface area contributed by atoms with E-state index in [1.807, 2.05) is 12.1 Å².